The van der Waals surface area contributed by atoms with Gasteiger partial charge < -0.3 is 0 Å². The quantitative estimate of drug-likeness (QED) is 0.696. The summed E-state index contributed by atoms with van der Waals surface area (Å²) in [6.45, 7) is 2.06. The van der Waals surface area contributed by atoms with E-state index >= 15 is 0 Å². The van der Waals surface area contributed by atoms with Crippen LogP contribution in [0, 0.1) is 6.92 Å². The first kappa shape index (κ1) is 9.31. The van der Waals surface area contributed by atoms with Crippen LogP contribution in [0.4, 0.5) is 0 Å². The third kappa shape index (κ3) is 1.97. The Labute approximate surface area is 90.4 Å². The average Bonchev–Trinajstić information content (AvgIpc) is 2.19. The van der Waals surface area contributed by atoms with Crippen molar-refractivity contribution in [2.24, 2.45) is 0 Å². The third-order valence-electron chi connectivity index (χ3n) is 1.89. The number of nitrogens with zero attached hydrogens (tertiary/aromatic N) is 3. The molecular weight excluding hydrogens is 241 g/mol. The zero-order chi connectivity index (χ0) is 9.97. The molecule has 69 valence electrons. The Bertz CT molecular complexity index is 439. The number of aryl methyl sites for hydroxylation is 1. The Hall–Kier alpha value is -1.25. The number of benzene rings is 1. The van der Waals surface area contributed by atoms with Gasteiger partial charge in [0.15, 0.2) is 0 Å². The van der Waals surface area contributed by atoms with Gasteiger partial charge in [-0.1, -0.05) is 0 Å². The molecule has 1 aromatic carbocycles. The fourth-order valence-corrected chi connectivity index (χ4v) is 1.46. The molecule has 0 saturated carbocycles. The van der Waals surface area contributed by atoms with E-state index in [2.05, 4.69) is 50.3 Å². The first-order valence-electron chi connectivity index (χ1n) is 4.19. The predicted molar refractivity (Wildman–Crippen MR) is 55.4 cm³/mol. The average molecular weight is 249 g/mol. The van der Waals surface area contributed by atoms with Crippen LogP contribution in [0.15, 0.2) is 30.5 Å². The van der Waals surface area contributed by atoms with E-state index in [9.17, 15) is 0 Å². The van der Waals surface area contributed by atoms with Crippen molar-refractivity contribution >= 4 is 20.7 Å². The van der Waals surface area contributed by atoms with Gasteiger partial charge in [-0.2, -0.15) is 0 Å². The Balaban J connectivity index is 2.44. The van der Waals surface area contributed by atoms with Crippen LogP contribution in [-0.4, -0.2) is 31.2 Å². The molecule has 2 aromatic rings. The van der Waals surface area contributed by atoms with Gasteiger partial charge in [0.1, 0.15) is 0 Å². The first-order valence-corrected chi connectivity index (χ1v) is 5.05. The van der Waals surface area contributed by atoms with Gasteiger partial charge in [0.25, 0.3) is 0 Å². The number of rotatable bonds is 1. The van der Waals surface area contributed by atoms with Crippen LogP contribution < -0.4 is 4.72 Å². The monoisotopic (exact) mass is 250 g/mol. The van der Waals surface area contributed by atoms with Gasteiger partial charge in [-0.25, -0.2) is 0 Å². The van der Waals surface area contributed by atoms with Crippen molar-refractivity contribution in [2.75, 3.05) is 0 Å². The molecule has 1 radical (unpaired) electrons. The van der Waals surface area contributed by atoms with Crippen LogP contribution in [0.5, 0.6) is 0 Å². The molecule has 2 rings (SSSR count). The van der Waals surface area contributed by atoms with Gasteiger partial charge in [0, 0.05) is 0 Å². The Morgan fingerprint density at radius 1 is 1.14 bits per heavy atom. The summed E-state index contributed by atoms with van der Waals surface area (Å²) in [7, 11) is 0. The second-order valence-corrected chi connectivity index (χ2v) is 3.76. The number of hydrogen-bond acceptors (Lipinski definition) is 3. The van der Waals surface area contributed by atoms with E-state index in [1.807, 2.05) is 12.1 Å². The fourth-order valence-electron chi connectivity index (χ4n) is 1.15. The molecular formula is C10H8N3Se. The molecule has 0 spiro atoms. The molecule has 3 nitrogen and oxygen atoms in total. The van der Waals surface area contributed by atoms with E-state index in [1.54, 1.807) is 6.20 Å². The molecule has 0 aliphatic carbocycles. The summed E-state index contributed by atoms with van der Waals surface area (Å²) in [5.41, 5.74) is 3.13. The maximum absolute atomic E-state index is 4.24. The third-order valence-corrected chi connectivity index (χ3v) is 2.25. The molecule has 0 aliphatic rings. The van der Waals surface area contributed by atoms with E-state index < -0.39 is 0 Å². The van der Waals surface area contributed by atoms with E-state index in [-0.39, 0.29) is 0 Å². The van der Waals surface area contributed by atoms with Crippen LogP contribution >= 0.6 is 0 Å². The number of hydrogen-bond donors (Lipinski definition) is 0. The molecule has 1 aromatic heterocycles. The Morgan fingerprint density at radius 3 is 2.50 bits per heavy atom. The molecule has 0 aliphatic heterocycles. The zero-order valence-electron chi connectivity index (χ0n) is 7.64. The van der Waals surface area contributed by atoms with Gasteiger partial charge in [-0.15, -0.1) is 0 Å². The minimum absolute atomic E-state index is 0.572. The van der Waals surface area contributed by atoms with Crippen LogP contribution in [0.1, 0.15) is 5.56 Å². The normalized spacial score (nSPS) is 10.1. The maximum atomic E-state index is 4.24. The summed E-state index contributed by atoms with van der Waals surface area (Å²) >= 11 is 2.74. The summed E-state index contributed by atoms with van der Waals surface area (Å²) in [6.07, 6.45) is 1.66. The van der Waals surface area contributed by atoms with E-state index in [0.29, 0.717) is 4.72 Å². The van der Waals surface area contributed by atoms with Gasteiger partial charge >= 0.3 is 90.1 Å². The number of aromatic nitrogens is 3. The molecule has 0 fully saturated rings. The van der Waals surface area contributed by atoms with Gasteiger partial charge in [-0.05, 0) is 0 Å². The van der Waals surface area contributed by atoms with Crippen molar-refractivity contribution in [3.05, 3.63) is 36.0 Å². The molecule has 0 bridgehead atoms. The summed E-state index contributed by atoms with van der Waals surface area (Å²) in [5, 5.41) is 7.61. The van der Waals surface area contributed by atoms with Gasteiger partial charge in [0.2, 0.25) is 0 Å². The van der Waals surface area contributed by atoms with Crippen molar-refractivity contribution in [2.45, 2.75) is 6.92 Å². The van der Waals surface area contributed by atoms with Crippen LogP contribution in [0.25, 0.3) is 11.3 Å². The zero-order valence-corrected chi connectivity index (χ0v) is 9.35. The summed E-state index contributed by atoms with van der Waals surface area (Å²) in [4.78, 5) is 4.24. The van der Waals surface area contributed by atoms with Crippen molar-refractivity contribution in [1.29, 1.82) is 0 Å². The predicted octanol–water partition coefficient (Wildman–Crippen LogP) is 0.641. The standard InChI is InChI=1S/C10H8N3Se/c1-7-2-4-8(5-3-7)9-6-11-13-10(14)12-9/h2-6H,1H3. The van der Waals surface area contributed by atoms with Crippen molar-refractivity contribution in [3.8, 4) is 11.3 Å². The summed E-state index contributed by atoms with van der Waals surface area (Å²) in [6, 6.07) is 8.16. The SMILES string of the molecule is Cc1ccc(-c2cnnc([Se])n2)cc1. The molecule has 0 N–H and O–H groups in total. The van der Waals surface area contributed by atoms with Crippen molar-refractivity contribution in [3.63, 3.8) is 0 Å². The first-order chi connectivity index (χ1) is 6.75. The van der Waals surface area contributed by atoms with Crippen LogP contribution in [0.2, 0.25) is 0 Å². The summed E-state index contributed by atoms with van der Waals surface area (Å²) in [5.74, 6) is 0. The molecule has 4 heteroatoms. The van der Waals surface area contributed by atoms with E-state index in [4.69, 9.17) is 0 Å². The van der Waals surface area contributed by atoms with Gasteiger partial charge in [0.05, 0.1) is 0 Å². The van der Waals surface area contributed by atoms with Crippen LogP contribution in [0.3, 0.4) is 0 Å². The molecule has 0 unspecified atom stereocenters. The second kappa shape index (κ2) is 3.86. The molecule has 14 heavy (non-hydrogen) atoms. The van der Waals surface area contributed by atoms with E-state index in [1.165, 1.54) is 5.56 Å². The second-order valence-electron chi connectivity index (χ2n) is 2.99. The summed E-state index contributed by atoms with van der Waals surface area (Å²) < 4.78 is 0.572. The molecule has 0 amide bonds. The Morgan fingerprint density at radius 2 is 1.86 bits per heavy atom. The van der Waals surface area contributed by atoms with Crippen molar-refractivity contribution < 1.29 is 0 Å². The Kier molecular flexibility index (Phi) is 2.57. The van der Waals surface area contributed by atoms with Crippen LogP contribution in [-0.2, 0) is 0 Å². The molecule has 0 atom stereocenters. The topological polar surface area (TPSA) is 38.7 Å². The molecule has 1 heterocycles. The van der Waals surface area contributed by atoms with Crippen molar-refractivity contribution in [1.82, 2.24) is 15.2 Å². The van der Waals surface area contributed by atoms with E-state index in [0.717, 1.165) is 11.3 Å². The fraction of sp³-hybridized carbons (Fsp3) is 0.100. The van der Waals surface area contributed by atoms with Gasteiger partial charge in [-0.3, -0.25) is 0 Å². The minimum atomic E-state index is 0.572. The molecule has 0 saturated heterocycles.